The fourth-order valence-corrected chi connectivity index (χ4v) is 3.47. The lowest BCUT2D eigenvalue weighted by Crippen LogP contribution is -2.16. The highest BCUT2D eigenvalue weighted by Gasteiger charge is 2.29. The molecular weight excluding hydrogens is 414 g/mol. The summed E-state index contributed by atoms with van der Waals surface area (Å²) in [6, 6.07) is 4.93. The fourth-order valence-electron chi connectivity index (χ4n) is 3.11. The SMILES string of the molecule is CCCOC(=O)c1cc(Br)ccc1NC(=O)c1oc2c(c1C)C(=O)CCC2. The van der Waals surface area contributed by atoms with Crippen LogP contribution < -0.4 is 5.32 Å². The van der Waals surface area contributed by atoms with Crippen LogP contribution in [0, 0.1) is 6.92 Å². The van der Waals surface area contributed by atoms with Gasteiger partial charge in [0.15, 0.2) is 11.5 Å². The Kier molecular flexibility index (Phi) is 5.79. The van der Waals surface area contributed by atoms with Gasteiger partial charge >= 0.3 is 5.97 Å². The zero-order valence-electron chi connectivity index (χ0n) is 15.2. The van der Waals surface area contributed by atoms with Gasteiger partial charge in [-0.3, -0.25) is 9.59 Å². The third kappa shape index (κ3) is 3.98. The standard InChI is InChI=1S/C20H20BrNO5/c1-3-9-26-20(25)13-10-12(21)7-8-14(13)22-19(24)18-11(2)17-15(23)5-4-6-16(17)27-18/h7-8,10H,3-6,9H2,1-2H3,(H,22,24). The molecule has 0 saturated heterocycles. The van der Waals surface area contributed by atoms with Crippen LogP contribution in [0.2, 0.25) is 0 Å². The Labute approximate surface area is 165 Å². The molecule has 1 aliphatic carbocycles. The summed E-state index contributed by atoms with van der Waals surface area (Å²) in [5.41, 5.74) is 1.63. The third-order valence-electron chi connectivity index (χ3n) is 4.40. The number of rotatable bonds is 5. The molecule has 0 radical (unpaired) electrons. The van der Waals surface area contributed by atoms with Crippen molar-refractivity contribution in [2.75, 3.05) is 11.9 Å². The van der Waals surface area contributed by atoms with Crippen molar-refractivity contribution in [3.63, 3.8) is 0 Å². The number of carbonyl (C=O) groups excluding carboxylic acids is 3. The van der Waals surface area contributed by atoms with Crippen LogP contribution in [0.1, 0.15) is 68.8 Å². The van der Waals surface area contributed by atoms with E-state index < -0.39 is 11.9 Å². The maximum absolute atomic E-state index is 12.8. The molecule has 7 heteroatoms. The highest BCUT2D eigenvalue weighted by atomic mass is 79.9. The number of nitrogens with one attached hydrogen (secondary N) is 1. The van der Waals surface area contributed by atoms with Gasteiger partial charge in [-0.25, -0.2) is 4.79 Å². The maximum atomic E-state index is 12.8. The van der Waals surface area contributed by atoms with E-state index in [4.69, 9.17) is 9.15 Å². The molecule has 0 spiro atoms. The summed E-state index contributed by atoms with van der Waals surface area (Å²) >= 11 is 3.32. The summed E-state index contributed by atoms with van der Waals surface area (Å²) in [6.45, 7) is 3.91. The Bertz CT molecular complexity index is 915. The van der Waals surface area contributed by atoms with Gasteiger partial charge in [0, 0.05) is 22.9 Å². The van der Waals surface area contributed by atoms with Crippen LogP contribution in [-0.2, 0) is 11.2 Å². The largest absolute Gasteiger partial charge is 0.462 e. The second-order valence-electron chi connectivity index (χ2n) is 6.41. The normalized spacial score (nSPS) is 13.2. The number of esters is 1. The van der Waals surface area contributed by atoms with E-state index in [1.165, 1.54) is 0 Å². The number of hydrogen-bond acceptors (Lipinski definition) is 5. The number of ketones is 1. The van der Waals surface area contributed by atoms with Gasteiger partial charge in [-0.05, 0) is 38.0 Å². The maximum Gasteiger partial charge on any atom is 0.340 e. The van der Waals surface area contributed by atoms with E-state index in [-0.39, 0.29) is 17.1 Å². The minimum absolute atomic E-state index is 0.00373. The molecule has 0 bridgehead atoms. The van der Waals surface area contributed by atoms with Crippen LogP contribution in [0.5, 0.6) is 0 Å². The summed E-state index contributed by atoms with van der Waals surface area (Å²) in [5.74, 6) is -0.344. The molecule has 1 heterocycles. The summed E-state index contributed by atoms with van der Waals surface area (Å²) in [7, 11) is 0. The van der Waals surface area contributed by atoms with E-state index in [0.717, 1.165) is 6.42 Å². The Morgan fingerprint density at radius 3 is 2.78 bits per heavy atom. The van der Waals surface area contributed by atoms with E-state index in [2.05, 4.69) is 21.2 Å². The zero-order chi connectivity index (χ0) is 19.6. The number of aryl methyl sites for hydroxylation is 1. The van der Waals surface area contributed by atoms with Crippen molar-refractivity contribution in [1.82, 2.24) is 0 Å². The minimum Gasteiger partial charge on any atom is -0.462 e. The molecule has 27 heavy (non-hydrogen) atoms. The smallest absolute Gasteiger partial charge is 0.340 e. The van der Waals surface area contributed by atoms with Crippen molar-refractivity contribution in [2.24, 2.45) is 0 Å². The summed E-state index contributed by atoms with van der Waals surface area (Å²) in [5, 5.41) is 2.71. The Hall–Kier alpha value is -2.41. The molecule has 0 fully saturated rings. The molecule has 142 valence electrons. The van der Waals surface area contributed by atoms with Gasteiger partial charge in [-0.1, -0.05) is 22.9 Å². The molecular formula is C20H20BrNO5. The average molecular weight is 434 g/mol. The predicted molar refractivity (Wildman–Crippen MR) is 103 cm³/mol. The van der Waals surface area contributed by atoms with E-state index in [1.54, 1.807) is 25.1 Å². The molecule has 1 amide bonds. The molecule has 0 saturated carbocycles. The zero-order valence-corrected chi connectivity index (χ0v) is 16.8. The van der Waals surface area contributed by atoms with Crippen molar-refractivity contribution in [2.45, 2.75) is 39.5 Å². The summed E-state index contributed by atoms with van der Waals surface area (Å²) in [6.07, 6.45) is 2.53. The molecule has 0 aliphatic heterocycles. The van der Waals surface area contributed by atoms with E-state index in [1.807, 2.05) is 6.92 Å². The molecule has 3 rings (SSSR count). The lowest BCUT2D eigenvalue weighted by Gasteiger charge is -2.11. The van der Waals surface area contributed by atoms with Crippen molar-refractivity contribution >= 4 is 39.3 Å². The first-order valence-corrected chi connectivity index (χ1v) is 9.65. The average Bonchev–Trinajstić information content (AvgIpc) is 2.99. The van der Waals surface area contributed by atoms with Gasteiger partial charge in [0.05, 0.1) is 23.4 Å². The quantitative estimate of drug-likeness (QED) is 0.691. The number of anilines is 1. The van der Waals surface area contributed by atoms with E-state index >= 15 is 0 Å². The van der Waals surface area contributed by atoms with Crippen molar-refractivity contribution in [3.8, 4) is 0 Å². The van der Waals surface area contributed by atoms with Gasteiger partial charge in [-0.15, -0.1) is 0 Å². The molecule has 2 aromatic rings. The van der Waals surface area contributed by atoms with E-state index in [0.29, 0.717) is 52.9 Å². The number of halogens is 1. The van der Waals surface area contributed by atoms with E-state index in [9.17, 15) is 14.4 Å². The Morgan fingerprint density at radius 2 is 2.07 bits per heavy atom. The summed E-state index contributed by atoms with van der Waals surface area (Å²) < 4.78 is 11.6. The number of hydrogen-bond donors (Lipinski definition) is 1. The van der Waals surface area contributed by atoms with Gasteiger partial charge in [0.1, 0.15) is 5.76 Å². The Balaban J connectivity index is 1.89. The van der Waals surface area contributed by atoms with Gasteiger partial charge in [0.25, 0.3) is 5.91 Å². The molecule has 1 aromatic heterocycles. The van der Waals surface area contributed by atoms with Crippen LogP contribution in [0.3, 0.4) is 0 Å². The minimum atomic E-state index is -0.515. The van der Waals surface area contributed by atoms with Crippen LogP contribution in [0.15, 0.2) is 27.1 Å². The number of benzene rings is 1. The first kappa shape index (κ1) is 19.4. The number of ether oxygens (including phenoxy) is 1. The lowest BCUT2D eigenvalue weighted by molar-refractivity contribution is 0.0506. The molecule has 1 aliphatic rings. The highest BCUT2D eigenvalue weighted by Crippen LogP contribution is 2.30. The molecule has 0 unspecified atom stereocenters. The van der Waals surface area contributed by atoms with Crippen molar-refractivity contribution < 1.29 is 23.5 Å². The first-order valence-electron chi connectivity index (χ1n) is 8.85. The monoisotopic (exact) mass is 433 g/mol. The number of furan rings is 1. The Morgan fingerprint density at radius 1 is 1.30 bits per heavy atom. The molecule has 1 aromatic carbocycles. The number of amides is 1. The second-order valence-corrected chi connectivity index (χ2v) is 7.33. The molecule has 6 nitrogen and oxygen atoms in total. The van der Waals surface area contributed by atoms with Crippen LogP contribution in [0.4, 0.5) is 5.69 Å². The van der Waals surface area contributed by atoms with Crippen molar-refractivity contribution in [1.29, 1.82) is 0 Å². The highest BCUT2D eigenvalue weighted by molar-refractivity contribution is 9.10. The lowest BCUT2D eigenvalue weighted by atomic mass is 9.94. The topological polar surface area (TPSA) is 85.6 Å². The van der Waals surface area contributed by atoms with Crippen LogP contribution in [0.25, 0.3) is 0 Å². The molecule has 1 N–H and O–H groups in total. The molecule has 0 atom stereocenters. The second kappa shape index (κ2) is 8.08. The van der Waals surface area contributed by atoms with Gasteiger partial charge in [-0.2, -0.15) is 0 Å². The third-order valence-corrected chi connectivity index (χ3v) is 4.89. The first-order chi connectivity index (χ1) is 12.9. The van der Waals surface area contributed by atoms with Crippen LogP contribution in [-0.4, -0.2) is 24.3 Å². The predicted octanol–water partition coefficient (Wildman–Crippen LogP) is 4.69. The number of carbonyl (C=O) groups is 3. The fraction of sp³-hybridized carbons (Fsp3) is 0.350. The van der Waals surface area contributed by atoms with Gasteiger partial charge in [0.2, 0.25) is 0 Å². The summed E-state index contributed by atoms with van der Waals surface area (Å²) in [4.78, 5) is 37.2. The van der Waals surface area contributed by atoms with Gasteiger partial charge < -0.3 is 14.5 Å². The van der Waals surface area contributed by atoms with Crippen molar-refractivity contribution in [3.05, 3.63) is 50.9 Å². The number of Topliss-reactive ketones (excluding diaryl/α,β-unsaturated/α-hetero) is 1. The number of fused-ring (bicyclic) bond motifs is 1. The van der Waals surface area contributed by atoms with Crippen LogP contribution >= 0.6 is 15.9 Å².